The van der Waals surface area contributed by atoms with Crippen molar-refractivity contribution in [3.63, 3.8) is 0 Å². The fourth-order valence-corrected chi connectivity index (χ4v) is 8.22. The Morgan fingerprint density at radius 3 is 2.59 bits per heavy atom. The van der Waals surface area contributed by atoms with Crippen LogP contribution in [0.25, 0.3) is 0 Å². The molecule has 0 spiro atoms. The van der Waals surface area contributed by atoms with Crippen molar-refractivity contribution in [3.8, 4) is 0 Å². The lowest BCUT2D eigenvalue weighted by Crippen LogP contribution is -2.53. The van der Waals surface area contributed by atoms with Gasteiger partial charge in [-0.1, -0.05) is 13.8 Å². The summed E-state index contributed by atoms with van der Waals surface area (Å²) < 4.78 is 4.82. The van der Waals surface area contributed by atoms with E-state index in [4.69, 9.17) is 4.74 Å². The number of ether oxygens (including phenoxy) is 1. The summed E-state index contributed by atoms with van der Waals surface area (Å²) in [4.78, 5) is 23.5. The second kappa shape index (κ2) is 7.19. The van der Waals surface area contributed by atoms with Gasteiger partial charge >= 0.3 is 5.97 Å². The number of Topliss-reactive ketones (excluding diaryl/α,β-unsaturated/α-hetero) is 1. The van der Waals surface area contributed by atoms with Crippen LogP contribution in [0.4, 0.5) is 0 Å². The first-order chi connectivity index (χ1) is 12.9. The van der Waals surface area contributed by atoms with E-state index >= 15 is 0 Å². The lowest BCUT2D eigenvalue weighted by atomic mass is 9.44. The van der Waals surface area contributed by atoms with Gasteiger partial charge in [-0.05, 0) is 98.2 Å². The second-order valence-electron chi connectivity index (χ2n) is 10.7. The molecule has 0 bridgehead atoms. The molecule has 0 aromatic rings. The van der Waals surface area contributed by atoms with E-state index in [-0.39, 0.29) is 5.97 Å². The highest BCUT2D eigenvalue weighted by molar-refractivity contribution is 5.79. The average molecular weight is 375 g/mol. The Morgan fingerprint density at radius 2 is 1.81 bits per heavy atom. The fraction of sp³-hybridized carbons (Fsp3) is 0.917. The van der Waals surface area contributed by atoms with Crippen molar-refractivity contribution in [2.75, 3.05) is 7.11 Å². The van der Waals surface area contributed by atoms with Gasteiger partial charge in [-0.15, -0.1) is 0 Å². The Labute approximate surface area is 165 Å². The van der Waals surface area contributed by atoms with Crippen molar-refractivity contribution in [2.24, 2.45) is 40.4 Å². The van der Waals surface area contributed by atoms with Gasteiger partial charge in [0, 0.05) is 19.3 Å². The summed E-state index contributed by atoms with van der Waals surface area (Å²) in [5.74, 6) is 4.49. The molecule has 152 valence electrons. The molecule has 3 heteroatoms. The highest BCUT2D eigenvalue weighted by Crippen LogP contribution is 2.67. The molecule has 0 heterocycles. The van der Waals surface area contributed by atoms with Crippen LogP contribution in [0.2, 0.25) is 0 Å². The largest absolute Gasteiger partial charge is 0.469 e. The molecule has 0 aliphatic heterocycles. The highest BCUT2D eigenvalue weighted by atomic mass is 16.5. The van der Waals surface area contributed by atoms with Crippen molar-refractivity contribution >= 4 is 11.8 Å². The molecule has 4 fully saturated rings. The van der Waals surface area contributed by atoms with E-state index in [1.807, 2.05) is 0 Å². The van der Waals surface area contributed by atoms with Crippen molar-refractivity contribution < 1.29 is 14.3 Å². The topological polar surface area (TPSA) is 43.4 Å². The standard InChI is InChI=1S/C24H38O3/c1-23-14-12-21-19(9-7-17-15-18(25)11-13-24(17,21)2)20(23)10-8-16(23)5-4-6-22(26)27-3/h16-17,19-21H,4-15H2,1-3H3. The number of carbonyl (C=O) groups excluding carboxylic acids is 2. The Balaban J connectivity index is 1.45. The van der Waals surface area contributed by atoms with Crippen molar-refractivity contribution in [1.29, 1.82) is 0 Å². The number of fused-ring (bicyclic) bond motifs is 5. The van der Waals surface area contributed by atoms with E-state index in [0.29, 0.717) is 29.0 Å². The van der Waals surface area contributed by atoms with E-state index in [1.165, 1.54) is 52.1 Å². The summed E-state index contributed by atoms with van der Waals surface area (Å²) >= 11 is 0. The van der Waals surface area contributed by atoms with Crippen LogP contribution in [0.1, 0.15) is 90.9 Å². The molecule has 3 nitrogen and oxygen atoms in total. The maximum Gasteiger partial charge on any atom is 0.305 e. The molecule has 0 aromatic heterocycles. The molecular weight excluding hydrogens is 336 g/mol. The van der Waals surface area contributed by atoms with E-state index in [2.05, 4.69) is 13.8 Å². The quantitative estimate of drug-likeness (QED) is 0.605. The fourth-order valence-electron chi connectivity index (χ4n) is 8.22. The van der Waals surface area contributed by atoms with Gasteiger partial charge in [0.2, 0.25) is 0 Å². The maximum absolute atomic E-state index is 12.0. The predicted molar refractivity (Wildman–Crippen MR) is 106 cm³/mol. The van der Waals surface area contributed by atoms with E-state index in [1.54, 1.807) is 0 Å². The average Bonchev–Trinajstić information content (AvgIpc) is 2.99. The van der Waals surface area contributed by atoms with Crippen LogP contribution in [0, 0.1) is 40.4 Å². The van der Waals surface area contributed by atoms with Crippen molar-refractivity contribution in [1.82, 2.24) is 0 Å². The van der Waals surface area contributed by atoms with Gasteiger partial charge in [0.05, 0.1) is 7.11 Å². The minimum Gasteiger partial charge on any atom is -0.469 e. The number of ketones is 1. The van der Waals surface area contributed by atoms with Crippen LogP contribution in [-0.4, -0.2) is 18.9 Å². The number of carbonyl (C=O) groups is 2. The Kier molecular flexibility index (Phi) is 5.18. The molecule has 4 saturated carbocycles. The zero-order valence-corrected chi connectivity index (χ0v) is 17.6. The Hall–Kier alpha value is -0.860. The molecule has 0 saturated heterocycles. The van der Waals surface area contributed by atoms with Gasteiger partial charge in [-0.2, -0.15) is 0 Å². The summed E-state index contributed by atoms with van der Waals surface area (Å²) in [6.45, 7) is 5.11. The van der Waals surface area contributed by atoms with E-state index in [9.17, 15) is 9.59 Å². The van der Waals surface area contributed by atoms with Gasteiger partial charge in [-0.3, -0.25) is 9.59 Å². The van der Waals surface area contributed by atoms with Crippen molar-refractivity contribution in [3.05, 3.63) is 0 Å². The molecule has 0 amide bonds. The van der Waals surface area contributed by atoms with Crippen LogP contribution >= 0.6 is 0 Å². The van der Waals surface area contributed by atoms with Gasteiger partial charge in [0.25, 0.3) is 0 Å². The summed E-state index contributed by atoms with van der Waals surface area (Å²) in [6, 6.07) is 0. The number of hydrogen-bond donors (Lipinski definition) is 0. The first-order valence-electron chi connectivity index (χ1n) is 11.5. The second-order valence-corrected chi connectivity index (χ2v) is 10.7. The van der Waals surface area contributed by atoms with Gasteiger partial charge in [-0.25, -0.2) is 0 Å². The van der Waals surface area contributed by atoms with E-state index < -0.39 is 0 Å². The smallest absolute Gasteiger partial charge is 0.305 e. The molecule has 27 heavy (non-hydrogen) atoms. The van der Waals surface area contributed by atoms with Crippen LogP contribution in [0.5, 0.6) is 0 Å². The first kappa shape index (κ1) is 19.5. The molecule has 0 N–H and O–H groups in total. The van der Waals surface area contributed by atoms with Crippen LogP contribution in [0.3, 0.4) is 0 Å². The molecule has 0 radical (unpaired) electrons. The predicted octanol–water partition coefficient (Wildman–Crippen LogP) is 5.56. The monoisotopic (exact) mass is 374 g/mol. The normalized spacial score (nSPS) is 46.3. The third-order valence-corrected chi connectivity index (χ3v) is 9.84. The van der Waals surface area contributed by atoms with Crippen LogP contribution in [0.15, 0.2) is 0 Å². The molecule has 7 atom stereocenters. The maximum atomic E-state index is 12.0. The number of rotatable bonds is 4. The summed E-state index contributed by atoms with van der Waals surface area (Å²) in [6.07, 6.45) is 13.7. The summed E-state index contributed by atoms with van der Waals surface area (Å²) in [5, 5.41) is 0. The van der Waals surface area contributed by atoms with Gasteiger partial charge in [0.1, 0.15) is 5.78 Å². The third kappa shape index (κ3) is 3.17. The summed E-state index contributed by atoms with van der Waals surface area (Å²) in [5.41, 5.74) is 0.895. The molecular formula is C24H38O3. The number of methoxy groups -OCH3 is 1. The number of esters is 1. The van der Waals surface area contributed by atoms with E-state index in [0.717, 1.165) is 49.4 Å². The third-order valence-electron chi connectivity index (χ3n) is 9.84. The minimum absolute atomic E-state index is 0.0588. The molecule has 0 aromatic carbocycles. The van der Waals surface area contributed by atoms with Crippen molar-refractivity contribution in [2.45, 2.75) is 90.9 Å². The van der Waals surface area contributed by atoms with Crippen LogP contribution < -0.4 is 0 Å². The first-order valence-corrected chi connectivity index (χ1v) is 11.5. The molecule has 7 unspecified atom stereocenters. The molecule has 4 aliphatic rings. The zero-order chi connectivity index (χ0) is 19.2. The minimum atomic E-state index is -0.0588. The molecule has 4 rings (SSSR count). The zero-order valence-electron chi connectivity index (χ0n) is 17.6. The number of hydrogen-bond acceptors (Lipinski definition) is 3. The Morgan fingerprint density at radius 1 is 1.04 bits per heavy atom. The summed E-state index contributed by atoms with van der Waals surface area (Å²) in [7, 11) is 1.49. The lowest BCUT2D eigenvalue weighted by molar-refractivity contribution is -0.141. The Bertz CT molecular complexity index is 598. The van der Waals surface area contributed by atoms with Gasteiger partial charge in [0.15, 0.2) is 0 Å². The molecule has 4 aliphatic carbocycles. The van der Waals surface area contributed by atoms with Crippen LogP contribution in [-0.2, 0) is 14.3 Å². The highest BCUT2D eigenvalue weighted by Gasteiger charge is 2.59. The SMILES string of the molecule is COC(=O)CCCC1CCC2C3CCC4CC(=O)CCC4(C)C3CCC12C. The van der Waals surface area contributed by atoms with Gasteiger partial charge < -0.3 is 4.74 Å². The lowest BCUT2D eigenvalue weighted by Gasteiger charge is -2.60.